The van der Waals surface area contributed by atoms with Crippen LogP contribution in [0.1, 0.15) is 16.8 Å². The van der Waals surface area contributed by atoms with E-state index in [-0.39, 0.29) is 18.5 Å². The number of ether oxygens (including phenoxy) is 1. The maximum Gasteiger partial charge on any atom is 0.339 e. The molecule has 1 aromatic carbocycles. The van der Waals surface area contributed by atoms with Gasteiger partial charge < -0.3 is 9.64 Å². The molecule has 1 amide bonds. The van der Waals surface area contributed by atoms with Gasteiger partial charge in [0.05, 0.1) is 18.4 Å². The van der Waals surface area contributed by atoms with Crippen molar-refractivity contribution in [1.82, 2.24) is 0 Å². The number of carbonyl (C=O) groups is 2. The molecule has 0 radical (unpaired) electrons. The second-order valence-corrected chi connectivity index (χ2v) is 7.33. The van der Waals surface area contributed by atoms with Gasteiger partial charge in [0.25, 0.3) is 0 Å². The summed E-state index contributed by atoms with van der Waals surface area (Å²) in [6, 6.07) is 4.70. The molecule has 2 N–H and O–H groups in total. The second kappa shape index (κ2) is 5.74. The molecule has 1 aliphatic heterocycles. The highest BCUT2D eigenvalue weighted by molar-refractivity contribution is 9.10. The number of nitrogens with two attached hydrogens (primary N) is 1. The van der Waals surface area contributed by atoms with Crippen LogP contribution in [0, 0.1) is 0 Å². The summed E-state index contributed by atoms with van der Waals surface area (Å²) in [6.45, 7) is -0.0852. The number of rotatable bonds is 3. The molecule has 9 heteroatoms. The fourth-order valence-corrected chi connectivity index (χ4v) is 3.22. The molecule has 0 aliphatic carbocycles. The molecule has 0 spiro atoms. The van der Waals surface area contributed by atoms with Gasteiger partial charge in [-0.3, -0.25) is 4.79 Å². The van der Waals surface area contributed by atoms with E-state index in [1.807, 2.05) is 0 Å². The van der Waals surface area contributed by atoms with Gasteiger partial charge in [0.1, 0.15) is 5.25 Å². The molecule has 1 atom stereocenters. The SMILES string of the molecule is COC(=O)c1ccc(Br)cc1N1CC(S(N)(=O)=O)CC1=O. The molecule has 0 aromatic heterocycles. The van der Waals surface area contributed by atoms with Crippen molar-refractivity contribution in [1.29, 1.82) is 0 Å². The minimum atomic E-state index is -3.82. The molecule has 1 fully saturated rings. The average Bonchev–Trinajstić information content (AvgIpc) is 2.79. The van der Waals surface area contributed by atoms with Gasteiger partial charge in [0.15, 0.2) is 0 Å². The molecule has 7 nitrogen and oxygen atoms in total. The van der Waals surface area contributed by atoms with Crippen LogP contribution >= 0.6 is 15.9 Å². The van der Waals surface area contributed by atoms with Gasteiger partial charge in [-0.1, -0.05) is 15.9 Å². The Morgan fingerprint density at radius 2 is 2.14 bits per heavy atom. The third kappa shape index (κ3) is 3.25. The van der Waals surface area contributed by atoms with Crippen LogP contribution in [0.25, 0.3) is 0 Å². The van der Waals surface area contributed by atoms with Gasteiger partial charge in [0.2, 0.25) is 15.9 Å². The standard InChI is InChI=1S/C12H13BrN2O5S/c1-20-12(17)9-3-2-7(13)4-10(9)15-6-8(5-11(15)16)21(14,18)19/h2-4,8H,5-6H2,1H3,(H2,14,18,19). The van der Waals surface area contributed by atoms with Crippen LogP contribution in [-0.4, -0.2) is 39.2 Å². The Balaban J connectivity index is 2.45. The Hall–Kier alpha value is -1.45. The Labute approximate surface area is 130 Å². The molecule has 114 valence electrons. The molecule has 0 bridgehead atoms. The van der Waals surface area contributed by atoms with E-state index in [1.54, 1.807) is 12.1 Å². The number of hydrogen-bond donors (Lipinski definition) is 1. The van der Waals surface area contributed by atoms with E-state index >= 15 is 0 Å². The maximum atomic E-state index is 12.0. The molecule has 0 saturated carbocycles. The Morgan fingerprint density at radius 3 is 2.67 bits per heavy atom. The summed E-state index contributed by atoms with van der Waals surface area (Å²) in [5.41, 5.74) is 0.483. The highest BCUT2D eigenvalue weighted by Gasteiger charge is 2.38. The predicted molar refractivity (Wildman–Crippen MR) is 79.3 cm³/mol. The van der Waals surface area contributed by atoms with Gasteiger partial charge in [0, 0.05) is 17.4 Å². The molecule has 2 rings (SSSR count). The first-order valence-corrected chi connectivity index (χ1v) is 8.34. The quantitative estimate of drug-likeness (QED) is 0.778. The first kappa shape index (κ1) is 15.9. The van der Waals surface area contributed by atoms with E-state index in [2.05, 4.69) is 20.7 Å². The highest BCUT2D eigenvalue weighted by Crippen LogP contribution is 2.30. The zero-order valence-electron chi connectivity index (χ0n) is 11.1. The first-order chi connectivity index (χ1) is 9.74. The Kier molecular flexibility index (Phi) is 4.35. The van der Waals surface area contributed by atoms with Crippen LogP contribution < -0.4 is 10.0 Å². The summed E-state index contributed by atoms with van der Waals surface area (Å²) in [4.78, 5) is 25.1. The lowest BCUT2D eigenvalue weighted by molar-refractivity contribution is -0.117. The van der Waals surface area contributed by atoms with Crippen LogP contribution in [-0.2, 0) is 19.6 Å². The van der Waals surface area contributed by atoms with Crippen molar-refractivity contribution < 1.29 is 22.7 Å². The van der Waals surface area contributed by atoms with Crippen molar-refractivity contribution in [2.24, 2.45) is 5.14 Å². The van der Waals surface area contributed by atoms with Gasteiger partial charge in [-0.2, -0.15) is 0 Å². The summed E-state index contributed by atoms with van der Waals surface area (Å²) < 4.78 is 28.1. The Bertz CT molecular complexity index is 704. The van der Waals surface area contributed by atoms with Crippen molar-refractivity contribution in [3.8, 4) is 0 Å². The third-order valence-corrected chi connectivity index (χ3v) is 4.95. The van der Waals surface area contributed by atoms with Crippen LogP contribution in [0.2, 0.25) is 0 Å². The molecular weight excluding hydrogens is 364 g/mol. The number of amides is 1. The van der Waals surface area contributed by atoms with Crippen molar-refractivity contribution in [2.75, 3.05) is 18.6 Å². The minimum Gasteiger partial charge on any atom is -0.465 e. The fourth-order valence-electron chi connectivity index (χ4n) is 2.14. The van der Waals surface area contributed by atoms with Crippen LogP contribution in [0.3, 0.4) is 0 Å². The smallest absolute Gasteiger partial charge is 0.339 e. The average molecular weight is 377 g/mol. The van der Waals surface area contributed by atoms with Crippen molar-refractivity contribution in [3.63, 3.8) is 0 Å². The number of carbonyl (C=O) groups excluding carboxylic acids is 2. The lowest BCUT2D eigenvalue weighted by Crippen LogP contribution is -2.32. The molecule has 1 heterocycles. The van der Waals surface area contributed by atoms with Crippen LogP contribution in [0.4, 0.5) is 5.69 Å². The summed E-state index contributed by atoms with van der Waals surface area (Å²) in [5.74, 6) is -1.01. The van der Waals surface area contributed by atoms with Crippen LogP contribution in [0.15, 0.2) is 22.7 Å². The lowest BCUT2D eigenvalue weighted by Gasteiger charge is -2.19. The van der Waals surface area contributed by atoms with Crippen LogP contribution in [0.5, 0.6) is 0 Å². The summed E-state index contributed by atoms with van der Waals surface area (Å²) >= 11 is 3.26. The molecule has 1 aliphatic rings. The minimum absolute atomic E-state index is 0.0852. The lowest BCUT2D eigenvalue weighted by atomic mass is 10.1. The normalized spacial score (nSPS) is 18.9. The van der Waals surface area contributed by atoms with Crippen molar-refractivity contribution >= 4 is 43.5 Å². The van der Waals surface area contributed by atoms with E-state index in [0.29, 0.717) is 10.2 Å². The van der Waals surface area contributed by atoms with E-state index in [1.165, 1.54) is 18.1 Å². The second-order valence-electron chi connectivity index (χ2n) is 4.57. The van der Waals surface area contributed by atoms with E-state index in [4.69, 9.17) is 5.14 Å². The number of esters is 1. The monoisotopic (exact) mass is 376 g/mol. The predicted octanol–water partition coefficient (Wildman–Crippen LogP) is 0.630. The number of nitrogens with zero attached hydrogens (tertiary/aromatic N) is 1. The van der Waals surface area contributed by atoms with E-state index < -0.39 is 27.1 Å². The zero-order chi connectivity index (χ0) is 15.8. The summed E-state index contributed by atoms with van der Waals surface area (Å²) in [7, 11) is -2.59. The maximum absolute atomic E-state index is 12.0. The number of sulfonamides is 1. The fraction of sp³-hybridized carbons (Fsp3) is 0.333. The van der Waals surface area contributed by atoms with E-state index in [0.717, 1.165) is 0 Å². The highest BCUT2D eigenvalue weighted by atomic mass is 79.9. The number of halogens is 1. The largest absolute Gasteiger partial charge is 0.465 e. The number of benzene rings is 1. The Morgan fingerprint density at radius 1 is 1.48 bits per heavy atom. The van der Waals surface area contributed by atoms with Gasteiger partial charge >= 0.3 is 5.97 Å². The third-order valence-electron chi connectivity index (χ3n) is 3.21. The number of hydrogen-bond acceptors (Lipinski definition) is 5. The molecule has 21 heavy (non-hydrogen) atoms. The molecular formula is C12H13BrN2O5S. The van der Waals surface area contributed by atoms with E-state index in [9.17, 15) is 18.0 Å². The summed E-state index contributed by atoms with van der Waals surface area (Å²) in [6.07, 6.45) is -0.202. The molecule has 1 aromatic rings. The number of primary sulfonamides is 1. The number of anilines is 1. The number of methoxy groups -OCH3 is 1. The zero-order valence-corrected chi connectivity index (χ0v) is 13.5. The van der Waals surface area contributed by atoms with Gasteiger partial charge in [-0.15, -0.1) is 0 Å². The van der Waals surface area contributed by atoms with Crippen molar-refractivity contribution in [3.05, 3.63) is 28.2 Å². The van der Waals surface area contributed by atoms with Gasteiger partial charge in [-0.25, -0.2) is 18.4 Å². The first-order valence-electron chi connectivity index (χ1n) is 5.94. The summed E-state index contributed by atoms with van der Waals surface area (Å²) in [5, 5.41) is 4.11. The molecule has 1 saturated heterocycles. The van der Waals surface area contributed by atoms with Gasteiger partial charge in [-0.05, 0) is 18.2 Å². The topological polar surface area (TPSA) is 107 Å². The molecule has 1 unspecified atom stereocenters. The van der Waals surface area contributed by atoms with Crippen molar-refractivity contribution in [2.45, 2.75) is 11.7 Å².